The molecule has 0 N–H and O–H groups in total. The van der Waals surface area contributed by atoms with E-state index in [1.165, 1.54) is 86.1 Å². The molecule has 49 heavy (non-hydrogen) atoms. The molecule has 0 bridgehead atoms. The highest BCUT2D eigenvalue weighted by Gasteiger charge is 2.24. The molecular weight excluding hydrogens is 615 g/mol. The number of aromatic nitrogens is 1. The lowest BCUT2D eigenvalue weighted by atomic mass is 9.96. The van der Waals surface area contributed by atoms with Crippen molar-refractivity contribution in [1.82, 2.24) is 4.57 Å². The number of fused-ring (bicyclic) bond motifs is 13. The van der Waals surface area contributed by atoms with Crippen molar-refractivity contribution >= 4 is 86.0 Å². The summed E-state index contributed by atoms with van der Waals surface area (Å²) in [5.41, 5.74) is 13.2. The highest BCUT2D eigenvalue weighted by molar-refractivity contribution is 7.26. The SMILES string of the molecule is c1ccc2c(c1)-c1cccc3c1c-2cc1sc2ccc(-c4ccc5c(c4)c4ccccc4n5-c4ccc5c(c4)oc4ccccc45)cc2c13. The van der Waals surface area contributed by atoms with E-state index in [-0.39, 0.29) is 0 Å². The zero-order valence-electron chi connectivity index (χ0n) is 26.2. The van der Waals surface area contributed by atoms with Crippen LogP contribution in [0.5, 0.6) is 0 Å². The maximum absolute atomic E-state index is 6.30. The van der Waals surface area contributed by atoms with Crippen LogP contribution in [0, 0.1) is 0 Å². The van der Waals surface area contributed by atoms with Gasteiger partial charge in [0, 0.05) is 53.5 Å². The number of thiophene rings is 1. The summed E-state index contributed by atoms with van der Waals surface area (Å²) in [6.07, 6.45) is 0. The third-order valence-electron chi connectivity index (χ3n) is 10.7. The van der Waals surface area contributed by atoms with E-state index < -0.39 is 0 Å². The zero-order chi connectivity index (χ0) is 31.8. The molecule has 12 rings (SSSR count). The Morgan fingerprint density at radius 3 is 2.00 bits per heavy atom. The molecule has 3 heteroatoms. The van der Waals surface area contributed by atoms with Gasteiger partial charge < -0.3 is 8.98 Å². The normalized spacial score (nSPS) is 12.5. The fourth-order valence-corrected chi connectivity index (χ4v) is 9.75. The van der Waals surface area contributed by atoms with Gasteiger partial charge in [-0.15, -0.1) is 11.3 Å². The highest BCUT2D eigenvalue weighted by atomic mass is 32.1. The number of hydrogen-bond donors (Lipinski definition) is 0. The van der Waals surface area contributed by atoms with Gasteiger partial charge in [-0.05, 0) is 98.8 Å². The lowest BCUT2D eigenvalue weighted by Gasteiger charge is -2.09. The first-order chi connectivity index (χ1) is 24.3. The predicted octanol–water partition coefficient (Wildman–Crippen LogP) is 13.5. The van der Waals surface area contributed by atoms with Crippen LogP contribution in [0.15, 0.2) is 156 Å². The Kier molecular flexibility index (Phi) is 4.89. The number of furan rings is 1. The van der Waals surface area contributed by atoms with E-state index in [1.807, 2.05) is 23.5 Å². The molecule has 3 heterocycles. The number of para-hydroxylation sites is 2. The van der Waals surface area contributed by atoms with Crippen molar-refractivity contribution in [2.24, 2.45) is 0 Å². The molecule has 1 aliphatic carbocycles. The number of rotatable bonds is 2. The van der Waals surface area contributed by atoms with Crippen LogP contribution in [0.1, 0.15) is 0 Å². The van der Waals surface area contributed by atoms with Crippen LogP contribution in [0.25, 0.3) is 114 Å². The van der Waals surface area contributed by atoms with Crippen molar-refractivity contribution in [1.29, 1.82) is 0 Å². The van der Waals surface area contributed by atoms with Crippen molar-refractivity contribution in [3.63, 3.8) is 0 Å². The Labute approximate surface area is 284 Å². The van der Waals surface area contributed by atoms with Gasteiger partial charge in [0.2, 0.25) is 0 Å². The zero-order valence-corrected chi connectivity index (χ0v) is 27.0. The fraction of sp³-hybridized carbons (Fsp3) is 0. The fourth-order valence-electron chi connectivity index (χ4n) is 8.60. The minimum atomic E-state index is 0.906. The topological polar surface area (TPSA) is 18.1 Å². The second kappa shape index (κ2) is 9.25. The third kappa shape index (κ3) is 3.40. The smallest absolute Gasteiger partial charge is 0.137 e. The van der Waals surface area contributed by atoms with E-state index >= 15 is 0 Å². The lowest BCUT2D eigenvalue weighted by Crippen LogP contribution is -1.93. The van der Waals surface area contributed by atoms with Gasteiger partial charge in [0.1, 0.15) is 11.2 Å². The molecule has 0 spiro atoms. The summed E-state index contributed by atoms with van der Waals surface area (Å²) in [4.78, 5) is 0. The van der Waals surface area contributed by atoms with Crippen molar-refractivity contribution in [2.75, 3.05) is 0 Å². The van der Waals surface area contributed by atoms with E-state index in [4.69, 9.17) is 4.42 Å². The van der Waals surface area contributed by atoms with E-state index in [2.05, 4.69) is 144 Å². The molecule has 0 unspecified atom stereocenters. The summed E-state index contributed by atoms with van der Waals surface area (Å²) < 4.78 is 11.4. The molecule has 0 saturated carbocycles. The summed E-state index contributed by atoms with van der Waals surface area (Å²) in [5, 5.41) is 10.2. The molecule has 8 aromatic carbocycles. The van der Waals surface area contributed by atoms with Gasteiger partial charge in [-0.25, -0.2) is 0 Å². The van der Waals surface area contributed by atoms with Gasteiger partial charge >= 0.3 is 0 Å². The van der Waals surface area contributed by atoms with Crippen molar-refractivity contribution < 1.29 is 4.42 Å². The van der Waals surface area contributed by atoms with Crippen LogP contribution < -0.4 is 0 Å². The predicted molar refractivity (Wildman–Crippen MR) is 208 cm³/mol. The van der Waals surface area contributed by atoms with Gasteiger partial charge in [0.05, 0.1) is 11.0 Å². The monoisotopic (exact) mass is 639 g/mol. The number of nitrogens with zero attached hydrogens (tertiary/aromatic N) is 1. The molecule has 3 aromatic heterocycles. The summed E-state index contributed by atoms with van der Waals surface area (Å²) in [5.74, 6) is 0. The number of hydrogen-bond acceptors (Lipinski definition) is 2. The van der Waals surface area contributed by atoms with Crippen LogP contribution in [0.2, 0.25) is 0 Å². The van der Waals surface area contributed by atoms with Crippen molar-refractivity contribution in [3.8, 4) is 39.1 Å². The van der Waals surface area contributed by atoms with Crippen LogP contribution in [-0.4, -0.2) is 4.57 Å². The van der Waals surface area contributed by atoms with Crippen LogP contribution >= 0.6 is 11.3 Å². The van der Waals surface area contributed by atoms with E-state index in [1.54, 1.807) is 0 Å². The van der Waals surface area contributed by atoms with Crippen molar-refractivity contribution in [2.45, 2.75) is 0 Å². The van der Waals surface area contributed by atoms with E-state index in [0.717, 1.165) is 27.6 Å². The first-order valence-electron chi connectivity index (χ1n) is 16.8. The number of benzene rings is 8. The molecule has 0 amide bonds. The Morgan fingerprint density at radius 1 is 0.388 bits per heavy atom. The average molecular weight is 640 g/mol. The van der Waals surface area contributed by atoms with Gasteiger partial charge in [-0.2, -0.15) is 0 Å². The van der Waals surface area contributed by atoms with Crippen LogP contribution in [-0.2, 0) is 0 Å². The maximum atomic E-state index is 6.30. The van der Waals surface area contributed by atoms with Gasteiger partial charge in [-0.3, -0.25) is 0 Å². The molecule has 2 nitrogen and oxygen atoms in total. The Hall–Kier alpha value is -6.16. The molecular formula is C46H25NOS. The summed E-state index contributed by atoms with van der Waals surface area (Å²) in [6, 6.07) is 55.7. The maximum Gasteiger partial charge on any atom is 0.137 e. The molecule has 11 aromatic rings. The molecule has 0 atom stereocenters. The summed E-state index contributed by atoms with van der Waals surface area (Å²) in [6.45, 7) is 0. The van der Waals surface area contributed by atoms with E-state index in [0.29, 0.717) is 0 Å². The molecule has 0 saturated heterocycles. The van der Waals surface area contributed by atoms with Gasteiger partial charge in [-0.1, -0.05) is 91.0 Å². The Balaban J connectivity index is 1.06. The standard InChI is InChI=1S/C46H25NOS/c1-2-9-30-29(8-1)34-12-7-13-35-45(34)37(30)25-44-46(35)38-23-27(17-21-43(38)49-44)26-16-20-40-36(22-26)31-10-3-5-14-39(31)47(40)28-18-19-33-32-11-4-6-15-41(32)48-42(33)24-28/h1-25H. The first-order valence-corrected chi connectivity index (χ1v) is 17.6. The van der Waals surface area contributed by atoms with Gasteiger partial charge in [0.15, 0.2) is 0 Å². The van der Waals surface area contributed by atoms with E-state index in [9.17, 15) is 0 Å². The molecule has 1 aliphatic rings. The molecule has 0 radical (unpaired) electrons. The molecule has 0 fully saturated rings. The quantitative estimate of drug-likeness (QED) is 0.184. The van der Waals surface area contributed by atoms with Crippen molar-refractivity contribution in [3.05, 3.63) is 152 Å². The van der Waals surface area contributed by atoms with Crippen LogP contribution in [0.4, 0.5) is 0 Å². The minimum absolute atomic E-state index is 0.906. The second-order valence-corrected chi connectivity index (χ2v) is 14.3. The lowest BCUT2D eigenvalue weighted by molar-refractivity contribution is 0.668. The minimum Gasteiger partial charge on any atom is -0.456 e. The third-order valence-corrected chi connectivity index (χ3v) is 11.8. The second-order valence-electron chi connectivity index (χ2n) is 13.2. The highest BCUT2D eigenvalue weighted by Crippen LogP contribution is 2.52. The summed E-state index contributed by atoms with van der Waals surface area (Å²) in [7, 11) is 0. The first kappa shape index (κ1) is 25.9. The van der Waals surface area contributed by atoms with Gasteiger partial charge in [0.25, 0.3) is 0 Å². The largest absolute Gasteiger partial charge is 0.456 e. The Morgan fingerprint density at radius 2 is 1.08 bits per heavy atom. The average Bonchev–Trinajstić information content (AvgIpc) is 3.89. The molecule has 0 aliphatic heterocycles. The molecule has 226 valence electrons. The Bertz CT molecular complexity index is 3230. The van der Waals surface area contributed by atoms with Crippen LogP contribution in [0.3, 0.4) is 0 Å². The summed E-state index contributed by atoms with van der Waals surface area (Å²) >= 11 is 1.90.